The maximum Gasteiger partial charge on any atom is 0.0910 e. The maximum atomic E-state index is 10.9. The molecule has 2 unspecified atom stereocenters. The largest absolute Gasteiger partial charge is 0.330 e. The zero-order valence-corrected chi connectivity index (χ0v) is 7.06. The van der Waals surface area contributed by atoms with E-state index in [-0.39, 0.29) is 0 Å². The van der Waals surface area contributed by atoms with Crippen LogP contribution in [0, 0.1) is 5.92 Å². The summed E-state index contributed by atoms with van der Waals surface area (Å²) in [6, 6.07) is 0. The minimum absolute atomic E-state index is 0.573. The third-order valence-corrected chi connectivity index (χ3v) is 3.00. The molecule has 10 heavy (non-hydrogen) atoms. The van der Waals surface area contributed by atoms with E-state index in [1.54, 1.807) is 6.26 Å². The van der Waals surface area contributed by atoms with Gasteiger partial charge in [0.25, 0.3) is 0 Å². The lowest BCUT2D eigenvalue weighted by Gasteiger charge is -2.10. The Balaban J connectivity index is 2.35. The van der Waals surface area contributed by atoms with E-state index in [0.717, 1.165) is 26.1 Å². The fraction of sp³-hybridized carbons (Fsp3) is 1.00. The Kier molecular flexibility index (Phi) is 2.82. The molecule has 0 aliphatic carbocycles. The summed E-state index contributed by atoms with van der Waals surface area (Å²) in [6.07, 6.45) is 2.83. The van der Waals surface area contributed by atoms with Crippen LogP contribution in [0.1, 0.15) is 6.42 Å². The van der Waals surface area contributed by atoms with Crippen LogP contribution < -0.4 is 5.73 Å². The molecule has 1 saturated heterocycles. The summed E-state index contributed by atoms with van der Waals surface area (Å²) in [5, 5.41) is 0. The number of hydrogen-bond acceptors (Lipinski definition) is 2. The minimum atomic E-state index is -0.785. The van der Waals surface area contributed by atoms with Gasteiger partial charge in [-0.3, -0.25) is 0 Å². The highest BCUT2D eigenvalue weighted by atomic mass is 32.2. The Bertz CT molecular complexity index is 140. The van der Waals surface area contributed by atoms with E-state index >= 15 is 0 Å². The maximum absolute atomic E-state index is 10.9. The fourth-order valence-corrected chi connectivity index (χ4v) is 2.01. The third kappa shape index (κ3) is 1.78. The first kappa shape index (κ1) is 8.17. The van der Waals surface area contributed by atoms with E-state index in [1.165, 1.54) is 0 Å². The van der Waals surface area contributed by atoms with Crippen molar-refractivity contribution in [2.75, 3.05) is 25.9 Å². The topological polar surface area (TPSA) is 46.3 Å². The summed E-state index contributed by atoms with van der Waals surface area (Å²) in [5.74, 6) is 0.573. The molecule has 3 nitrogen and oxygen atoms in total. The number of nitrogens with two attached hydrogens (primary N) is 1. The van der Waals surface area contributed by atoms with E-state index < -0.39 is 11.0 Å². The Hall–Kier alpha value is 0.0700. The average molecular weight is 162 g/mol. The smallest absolute Gasteiger partial charge is 0.0910 e. The lowest BCUT2D eigenvalue weighted by atomic mass is 10.1. The fourth-order valence-electron chi connectivity index (χ4n) is 1.22. The molecule has 1 rings (SSSR count). The van der Waals surface area contributed by atoms with Gasteiger partial charge in [-0.2, -0.15) is 0 Å². The SMILES string of the molecule is CS(=O)N1CCC(CN)C1. The Morgan fingerprint density at radius 2 is 2.50 bits per heavy atom. The molecule has 1 heterocycles. The van der Waals surface area contributed by atoms with Gasteiger partial charge in [-0.25, -0.2) is 8.51 Å². The molecule has 2 atom stereocenters. The van der Waals surface area contributed by atoms with Gasteiger partial charge in [-0.15, -0.1) is 0 Å². The van der Waals surface area contributed by atoms with Crippen molar-refractivity contribution < 1.29 is 4.21 Å². The van der Waals surface area contributed by atoms with Gasteiger partial charge in [0, 0.05) is 19.3 Å². The summed E-state index contributed by atoms with van der Waals surface area (Å²) in [7, 11) is -0.785. The molecule has 2 N–H and O–H groups in total. The molecule has 1 aliphatic heterocycles. The summed E-state index contributed by atoms with van der Waals surface area (Å²) in [6.45, 7) is 2.60. The van der Waals surface area contributed by atoms with Gasteiger partial charge in [-0.1, -0.05) is 0 Å². The molecule has 0 aromatic heterocycles. The van der Waals surface area contributed by atoms with Crippen molar-refractivity contribution in [3.8, 4) is 0 Å². The molecule has 1 fully saturated rings. The van der Waals surface area contributed by atoms with Gasteiger partial charge in [0.2, 0.25) is 0 Å². The predicted octanol–water partition coefficient (Wildman–Crippen LogP) is -0.439. The molecular weight excluding hydrogens is 148 g/mol. The zero-order valence-electron chi connectivity index (χ0n) is 6.25. The van der Waals surface area contributed by atoms with Gasteiger partial charge in [-0.05, 0) is 18.9 Å². The van der Waals surface area contributed by atoms with E-state index in [4.69, 9.17) is 5.73 Å². The van der Waals surface area contributed by atoms with Crippen LogP contribution >= 0.6 is 0 Å². The standard InChI is InChI=1S/C6H14N2OS/c1-10(9)8-3-2-6(4-7)5-8/h6H,2-5,7H2,1H3. The quantitative estimate of drug-likeness (QED) is 0.598. The number of rotatable bonds is 2. The second-order valence-corrected chi connectivity index (χ2v) is 4.07. The molecule has 0 aromatic rings. The van der Waals surface area contributed by atoms with Gasteiger partial charge < -0.3 is 5.73 Å². The lowest BCUT2D eigenvalue weighted by Crippen LogP contribution is -2.24. The van der Waals surface area contributed by atoms with Crippen molar-refractivity contribution in [1.29, 1.82) is 0 Å². The van der Waals surface area contributed by atoms with Crippen LogP contribution in [-0.4, -0.2) is 34.4 Å². The second-order valence-electron chi connectivity index (χ2n) is 2.70. The second kappa shape index (κ2) is 3.46. The number of nitrogens with zero attached hydrogens (tertiary/aromatic N) is 1. The van der Waals surface area contributed by atoms with Gasteiger partial charge >= 0.3 is 0 Å². The normalized spacial score (nSPS) is 30.8. The molecule has 0 aromatic carbocycles. The summed E-state index contributed by atoms with van der Waals surface area (Å²) < 4.78 is 12.9. The van der Waals surface area contributed by atoms with Crippen molar-refractivity contribution in [2.24, 2.45) is 11.7 Å². The Morgan fingerprint density at radius 1 is 1.80 bits per heavy atom. The molecule has 0 saturated carbocycles. The van der Waals surface area contributed by atoms with E-state index in [0.29, 0.717) is 5.92 Å². The minimum Gasteiger partial charge on any atom is -0.330 e. The first-order chi connectivity index (χ1) is 4.74. The Labute approximate surface area is 64.2 Å². The Morgan fingerprint density at radius 3 is 2.80 bits per heavy atom. The van der Waals surface area contributed by atoms with Crippen molar-refractivity contribution in [2.45, 2.75) is 6.42 Å². The molecule has 0 radical (unpaired) electrons. The van der Waals surface area contributed by atoms with Crippen LogP contribution in [0.25, 0.3) is 0 Å². The highest BCUT2D eigenvalue weighted by molar-refractivity contribution is 7.81. The van der Waals surface area contributed by atoms with Gasteiger partial charge in [0.15, 0.2) is 0 Å². The van der Waals surface area contributed by atoms with Crippen LogP contribution in [0.15, 0.2) is 0 Å². The van der Waals surface area contributed by atoms with Crippen LogP contribution in [-0.2, 0) is 11.0 Å². The zero-order chi connectivity index (χ0) is 7.56. The summed E-state index contributed by atoms with van der Waals surface area (Å²) >= 11 is 0. The van der Waals surface area contributed by atoms with Gasteiger partial charge in [0.05, 0.1) is 11.0 Å². The van der Waals surface area contributed by atoms with Crippen LogP contribution in [0.5, 0.6) is 0 Å². The first-order valence-corrected chi connectivity index (χ1v) is 5.04. The van der Waals surface area contributed by atoms with Crippen molar-refractivity contribution >= 4 is 11.0 Å². The first-order valence-electron chi connectivity index (χ1n) is 3.52. The van der Waals surface area contributed by atoms with Crippen LogP contribution in [0.3, 0.4) is 0 Å². The molecule has 1 aliphatic rings. The molecule has 0 spiro atoms. The monoisotopic (exact) mass is 162 g/mol. The lowest BCUT2D eigenvalue weighted by molar-refractivity contribution is 0.504. The van der Waals surface area contributed by atoms with Crippen molar-refractivity contribution in [1.82, 2.24) is 4.31 Å². The van der Waals surface area contributed by atoms with E-state index in [1.807, 2.05) is 4.31 Å². The predicted molar refractivity (Wildman–Crippen MR) is 42.8 cm³/mol. The molecule has 4 heteroatoms. The summed E-state index contributed by atoms with van der Waals surface area (Å²) in [4.78, 5) is 0. The number of hydrogen-bond donors (Lipinski definition) is 1. The average Bonchev–Trinajstić information content (AvgIpc) is 2.34. The molecular formula is C6H14N2OS. The highest BCUT2D eigenvalue weighted by Crippen LogP contribution is 2.15. The molecule has 0 amide bonds. The van der Waals surface area contributed by atoms with E-state index in [9.17, 15) is 4.21 Å². The molecule has 60 valence electrons. The third-order valence-electron chi connectivity index (χ3n) is 1.95. The van der Waals surface area contributed by atoms with Crippen molar-refractivity contribution in [3.63, 3.8) is 0 Å². The van der Waals surface area contributed by atoms with E-state index in [2.05, 4.69) is 0 Å². The summed E-state index contributed by atoms with van der Waals surface area (Å²) in [5.41, 5.74) is 5.47. The highest BCUT2D eigenvalue weighted by Gasteiger charge is 2.22. The van der Waals surface area contributed by atoms with Crippen LogP contribution in [0.2, 0.25) is 0 Å². The van der Waals surface area contributed by atoms with Crippen molar-refractivity contribution in [3.05, 3.63) is 0 Å². The van der Waals surface area contributed by atoms with Crippen LogP contribution in [0.4, 0.5) is 0 Å². The molecule has 0 bridgehead atoms. The van der Waals surface area contributed by atoms with Gasteiger partial charge in [0.1, 0.15) is 0 Å².